The van der Waals surface area contributed by atoms with Gasteiger partial charge in [-0.3, -0.25) is 4.79 Å². The quantitative estimate of drug-likeness (QED) is 0.850. The van der Waals surface area contributed by atoms with E-state index in [2.05, 4.69) is 0 Å². The standard InChI is InChI=1S/C18H24N2O5S/c1-2-26(24,25)20-8-3-4-15(12-20)17(21)19-9-7-13-5-6-14(18(22)23)10-16(13)11-19/h5-6,10,15H,2-4,7-9,11-12H2,1H3,(H,22,23). The van der Waals surface area contributed by atoms with Crippen molar-refractivity contribution in [3.8, 4) is 0 Å². The highest BCUT2D eigenvalue weighted by Crippen LogP contribution is 2.26. The summed E-state index contributed by atoms with van der Waals surface area (Å²) in [5.74, 6) is -1.30. The van der Waals surface area contributed by atoms with Crippen molar-refractivity contribution < 1.29 is 23.1 Å². The smallest absolute Gasteiger partial charge is 0.335 e. The van der Waals surface area contributed by atoms with Crippen LogP contribution in [-0.4, -0.2) is 60.0 Å². The van der Waals surface area contributed by atoms with E-state index in [4.69, 9.17) is 5.11 Å². The zero-order valence-corrected chi connectivity index (χ0v) is 15.7. The number of carboxylic acid groups (broad SMARTS) is 1. The maximum Gasteiger partial charge on any atom is 0.335 e. The second-order valence-corrected chi connectivity index (χ2v) is 9.15. The van der Waals surface area contributed by atoms with Crippen LogP contribution in [0.4, 0.5) is 0 Å². The van der Waals surface area contributed by atoms with E-state index >= 15 is 0 Å². The maximum absolute atomic E-state index is 12.9. The predicted octanol–water partition coefficient (Wildman–Crippen LogP) is 1.33. The van der Waals surface area contributed by atoms with Crippen molar-refractivity contribution in [2.45, 2.75) is 32.7 Å². The van der Waals surface area contributed by atoms with Gasteiger partial charge < -0.3 is 10.0 Å². The fourth-order valence-electron chi connectivity index (χ4n) is 3.72. The Morgan fingerprint density at radius 3 is 2.69 bits per heavy atom. The molecule has 0 aromatic heterocycles. The summed E-state index contributed by atoms with van der Waals surface area (Å²) in [4.78, 5) is 25.8. The molecule has 2 aliphatic heterocycles. The molecule has 1 saturated heterocycles. The van der Waals surface area contributed by atoms with Gasteiger partial charge in [-0.05, 0) is 49.4 Å². The Morgan fingerprint density at radius 2 is 2.00 bits per heavy atom. The van der Waals surface area contributed by atoms with Crippen molar-refractivity contribution in [2.75, 3.05) is 25.4 Å². The molecule has 3 rings (SSSR count). The molecule has 2 aliphatic rings. The molecule has 0 spiro atoms. The molecular weight excluding hydrogens is 356 g/mol. The van der Waals surface area contributed by atoms with Crippen LogP contribution in [0.2, 0.25) is 0 Å². The van der Waals surface area contributed by atoms with E-state index in [1.165, 1.54) is 4.31 Å². The summed E-state index contributed by atoms with van der Waals surface area (Å²) in [5, 5.41) is 9.15. The number of benzene rings is 1. The number of rotatable bonds is 4. The van der Waals surface area contributed by atoms with Crippen LogP contribution < -0.4 is 0 Å². The lowest BCUT2D eigenvalue weighted by Gasteiger charge is -2.36. The third-order valence-corrected chi connectivity index (χ3v) is 7.12. The van der Waals surface area contributed by atoms with E-state index in [0.29, 0.717) is 38.9 Å². The van der Waals surface area contributed by atoms with Gasteiger partial charge in [-0.2, -0.15) is 0 Å². The van der Waals surface area contributed by atoms with Crippen LogP contribution in [0.5, 0.6) is 0 Å². The van der Waals surface area contributed by atoms with Gasteiger partial charge in [0.05, 0.1) is 17.2 Å². The Labute approximate surface area is 153 Å². The summed E-state index contributed by atoms with van der Waals surface area (Å²) in [6, 6.07) is 5.04. The molecule has 0 saturated carbocycles. The molecular formula is C18H24N2O5S. The molecule has 1 aromatic carbocycles. The van der Waals surface area contributed by atoms with Crippen LogP contribution in [0.1, 0.15) is 41.3 Å². The highest BCUT2D eigenvalue weighted by Gasteiger charge is 2.34. The second-order valence-electron chi connectivity index (χ2n) is 6.90. The summed E-state index contributed by atoms with van der Waals surface area (Å²) in [6.45, 7) is 3.29. The van der Waals surface area contributed by atoms with E-state index in [1.807, 2.05) is 6.07 Å². The third-order valence-electron chi connectivity index (χ3n) is 5.27. The van der Waals surface area contributed by atoms with Crippen molar-refractivity contribution in [3.63, 3.8) is 0 Å². The Kier molecular flexibility index (Phi) is 5.34. The first kappa shape index (κ1) is 18.8. The molecule has 0 radical (unpaired) electrons. The summed E-state index contributed by atoms with van der Waals surface area (Å²) in [7, 11) is -3.28. The molecule has 1 atom stereocenters. The monoisotopic (exact) mass is 380 g/mol. The van der Waals surface area contributed by atoms with Crippen molar-refractivity contribution >= 4 is 21.9 Å². The molecule has 1 aromatic rings. The van der Waals surface area contributed by atoms with Crippen molar-refractivity contribution in [1.82, 2.24) is 9.21 Å². The number of piperidine rings is 1. The molecule has 7 nitrogen and oxygen atoms in total. The minimum atomic E-state index is -3.28. The predicted molar refractivity (Wildman–Crippen MR) is 96.3 cm³/mol. The highest BCUT2D eigenvalue weighted by molar-refractivity contribution is 7.89. The summed E-state index contributed by atoms with van der Waals surface area (Å²) in [5.41, 5.74) is 2.15. The van der Waals surface area contributed by atoms with Gasteiger partial charge in [0.1, 0.15) is 0 Å². The van der Waals surface area contributed by atoms with Gasteiger partial charge in [0.15, 0.2) is 0 Å². The SMILES string of the molecule is CCS(=O)(=O)N1CCCC(C(=O)N2CCc3ccc(C(=O)O)cc3C2)C1. The minimum absolute atomic E-state index is 0.0348. The Bertz CT molecular complexity index is 821. The number of hydrogen-bond donors (Lipinski definition) is 1. The lowest BCUT2D eigenvalue weighted by molar-refractivity contribution is -0.137. The number of nitrogens with zero attached hydrogens (tertiary/aromatic N) is 2. The first-order chi connectivity index (χ1) is 12.3. The van der Waals surface area contributed by atoms with Crippen molar-refractivity contribution in [2.24, 2.45) is 5.92 Å². The van der Waals surface area contributed by atoms with Crippen molar-refractivity contribution in [1.29, 1.82) is 0 Å². The van der Waals surface area contributed by atoms with E-state index in [9.17, 15) is 18.0 Å². The van der Waals surface area contributed by atoms with Gasteiger partial charge in [-0.25, -0.2) is 17.5 Å². The normalized spacial score (nSPS) is 21.3. The molecule has 1 N–H and O–H groups in total. The largest absolute Gasteiger partial charge is 0.478 e. The first-order valence-electron chi connectivity index (χ1n) is 8.93. The van der Waals surface area contributed by atoms with E-state index < -0.39 is 16.0 Å². The van der Waals surface area contributed by atoms with Gasteiger partial charge in [-0.15, -0.1) is 0 Å². The van der Waals surface area contributed by atoms with Crippen molar-refractivity contribution in [3.05, 3.63) is 34.9 Å². The van der Waals surface area contributed by atoms with Gasteiger partial charge in [0, 0.05) is 26.2 Å². The van der Waals surface area contributed by atoms with Crippen LogP contribution in [0.15, 0.2) is 18.2 Å². The maximum atomic E-state index is 12.9. The topological polar surface area (TPSA) is 95.0 Å². The van der Waals surface area contributed by atoms with Crippen LogP contribution in [0.25, 0.3) is 0 Å². The Hall–Kier alpha value is -1.93. The minimum Gasteiger partial charge on any atom is -0.478 e. The average molecular weight is 380 g/mol. The number of sulfonamides is 1. The summed E-state index contributed by atoms with van der Waals surface area (Å²) in [6.07, 6.45) is 2.06. The molecule has 142 valence electrons. The second kappa shape index (κ2) is 7.36. The number of amides is 1. The van der Waals surface area contributed by atoms with Crippen LogP contribution >= 0.6 is 0 Å². The fourth-order valence-corrected chi connectivity index (χ4v) is 4.90. The average Bonchev–Trinajstić information content (AvgIpc) is 2.66. The zero-order chi connectivity index (χ0) is 18.9. The molecule has 0 aliphatic carbocycles. The molecule has 1 amide bonds. The Morgan fingerprint density at radius 1 is 1.23 bits per heavy atom. The third kappa shape index (κ3) is 3.76. The molecule has 8 heteroatoms. The molecule has 2 heterocycles. The van der Waals surface area contributed by atoms with E-state index in [0.717, 1.165) is 11.1 Å². The Balaban J connectivity index is 1.73. The molecule has 26 heavy (non-hydrogen) atoms. The fraction of sp³-hybridized carbons (Fsp3) is 0.556. The number of hydrogen-bond acceptors (Lipinski definition) is 4. The van der Waals surface area contributed by atoms with E-state index in [1.54, 1.807) is 24.0 Å². The summed E-state index contributed by atoms with van der Waals surface area (Å²) < 4.78 is 25.6. The zero-order valence-electron chi connectivity index (χ0n) is 14.8. The number of carboxylic acids is 1. The van der Waals surface area contributed by atoms with Crippen LogP contribution in [-0.2, 0) is 27.8 Å². The number of carbonyl (C=O) groups excluding carboxylic acids is 1. The number of carbonyl (C=O) groups is 2. The molecule has 1 fully saturated rings. The lowest BCUT2D eigenvalue weighted by atomic mass is 9.94. The molecule has 1 unspecified atom stereocenters. The lowest BCUT2D eigenvalue weighted by Crippen LogP contribution is -2.48. The molecule has 0 bridgehead atoms. The first-order valence-corrected chi connectivity index (χ1v) is 10.5. The number of aromatic carboxylic acids is 1. The van der Waals surface area contributed by atoms with Crippen LogP contribution in [0, 0.1) is 5.92 Å². The van der Waals surface area contributed by atoms with Gasteiger partial charge in [0.25, 0.3) is 0 Å². The van der Waals surface area contributed by atoms with Gasteiger partial charge >= 0.3 is 5.97 Å². The van der Waals surface area contributed by atoms with Gasteiger partial charge in [0.2, 0.25) is 15.9 Å². The van der Waals surface area contributed by atoms with E-state index in [-0.39, 0.29) is 29.7 Å². The van der Waals surface area contributed by atoms with Crippen LogP contribution in [0.3, 0.4) is 0 Å². The number of fused-ring (bicyclic) bond motifs is 1. The van der Waals surface area contributed by atoms with Gasteiger partial charge in [-0.1, -0.05) is 6.07 Å². The summed E-state index contributed by atoms with van der Waals surface area (Å²) >= 11 is 0. The highest BCUT2D eigenvalue weighted by atomic mass is 32.2.